The molecule has 0 spiro atoms. The molecule has 0 aromatic heterocycles. The molecular formula is C27H33NO7. The minimum absolute atomic E-state index is 0.100. The van der Waals surface area contributed by atoms with Crippen molar-refractivity contribution in [1.82, 2.24) is 4.90 Å². The van der Waals surface area contributed by atoms with Crippen LogP contribution in [0.3, 0.4) is 0 Å². The molecule has 35 heavy (non-hydrogen) atoms. The van der Waals surface area contributed by atoms with Crippen LogP contribution in [0, 0.1) is 0 Å². The van der Waals surface area contributed by atoms with Crippen molar-refractivity contribution >= 4 is 17.7 Å². The summed E-state index contributed by atoms with van der Waals surface area (Å²) in [6, 6.07) is 12.2. The van der Waals surface area contributed by atoms with E-state index in [0.29, 0.717) is 18.7 Å². The molecule has 0 N–H and O–H groups in total. The summed E-state index contributed by atoms with van der Waals surface area (Å²) < 4.78 is 21.3. The SMILES string of the molecule is COc1cc(C(=O)C(=O)N2CCCCC2C(=O)OCCCCc2ccccc2)cc(OC)c1OC. The number of rotatable bonds is 11. The normalized spacial score (nSPS) is 15.3. The summed E-state index contributed by atoms with van der Waals surface area (Å²) in [5, 5.41) is 0. The number of likely N-dealkylation sites (tertiary alicyclic amines) is 1. The van der Waals surface area contributed by atoms with Crippen LogP contribution < -0.4 is 14.2 Å². The minimum atomic E-state index is -0.767. The van der Waals surface area contributed by atoms with Gasteiger partial charge in [0.1, 0.15) is 6.04 Å². The second kappa shape index (κ2) is 12.8. The largest absolute Gasteiger partial charge is 0.493 e. The molecule has 0 saturated carbocycles. The highest BCUT2D eigenvalue weighted by atomic mass is 16.5. The Morgan fingerprint density at radius 1 is 0.914 bits per heavy atom. The van der Waals surface area contributed by atoms with Gasteiger partial charge in [-0.3, -0.25) is 9.59 Å². The number of amides is 1. The van der Waals surface area contributed by atoms with Gasteiger partial charge in [-0.2, -0.15) is 0 Å². The first-order chi connectivity index (χ1) is 17.0. The van der Waals surface area contributed by atoms with Gasteiger partial charge in [0.2, 0.25) is 5.75 Å². The monoisotopic (exact) mass is 483 g/mol. The molecule has 0 bridgehead atoms. The van der Waals surface area contributed by atoms with Gasteiger partial charge in [-0.1, -0.05) is 30.3 Å². The highest BCUT2D eigenvalue weighted by Gasteiger charge is 2.36. The first-order valence-corrected chi connectivity index (χ1v) is 11.9. The summed E-state index contributed by atoms with van der Waals surface area (Å²) in [6.07, 6.45) is 4.51. The van der Waals surface area contributed by atoms with E-state index in [1.165, 1.54) is 43.9 Å². The number of methoxy groups -OCH3 is 3. The second-order valence-electron chi connectivity index (χ2n) is 8.36. The molecule has 8 heteroatoms. The van der Waals surface area contributed by atoms with Gasteiger partial charge in [0.05, 0.1) is 27.9 Å². The van der Waals surface area contributed by atoms with Crippen LogP contribution in [-0.4, -0.2) is 63.1 Å². The molecule has 2 aromatic rings. The Labute approximate surface area is 206 Å². The third-order valence-electron chi connectivity index (χ3n) is 6.10. The lowest BCUT2D eigenvalue weighted by atomic mass is 10.00. The van der Waals surface area contributed by atoms with Gasteiger partial charge >= 0.3 is 5.97 Å². The number of piperidine rings is 1. The topological polar surface area (TPSA) is 91.4 Å². The van der Waals surface area contributed by atoms with Crippen LogP contribution in [0.2, 0.25) is 0 Å². The molecule has 1 fully saturated rings. The van der Waals surface area contributed by atoms with Crippen LogP contribution in [0.4, 0.5) is 0 Å². The smallest absolute Gasteiger partial charge is 0.328 e. The van der Waals surface area contributed by atoms with E-state index in [0.717, 1.165) is 32.1 Å². The molecule has 1 saturated heterocycles. The van der Waals surface area contributed by atoms with E-state index >= 15 is 0 Å². The Hall–Kier alpha value is -3.55. The molecule has 3 rings (SSSR count). The van der Waals surface area contributed by atoms with Gasteiger partial charge in [-0.25, -0.2) is 4.79 Å². The lowest BCUT2D eigenvalue weighted by molar-refractivity contribution is -0.155. The third-order valence-corrected chi connectivity index (χ3v) is 6.10. The predicted molar refractivity (Wildman–Crippen MR) is 130 cm³/mol. The average molecular weight is 484 g/mol. The number of ether oxygens (including phenoxy) is 4. The van der Waals surface area contributed by atoms with E-state index in [4.69, 9.17) is 18.9 Å². The Balaban J connectivity index is 1.62. The molecule has 1 heterocycles. The van der Waals surface area contributed by atoms with Gasteiger partial charge in [0.15, 0.2) is 11.5 Å². The van der Waals surface area contributed by atoms with Gasteiger partial charge in [0, 0.05) is 12.1 Å². The summed E-state index contributed by atoms with van der Waals surface area (Å²) in [6.45, 7) is 0.605. The maximum absolute atomic E-state index is 13.2. The number of unbranched alkanes of at least 4 members (excludes halogenated alkanes) is 1. The number of ketones is 1. The van der Waals surface area contributed by atoms with E-state index in [-0.39, 0.29) is 23.7 Å². The average Bonchev–Trinajstić information content (AvgIpc) is 2.91. The molecule has 0 radical (unpaired) electrons. The highest BCUT2D eigenvalue weighted by Crippen LogP contribution is 2.38. The number of esters is 1. The van der Waals surface area contributed by atoms with E-state index in [1.807, 2.05) is 18.2 Å². The fourth-order valence-corrected chi connectivity index (χ4v) is 4.23. The van der Waals surface area contributed by atoms with Gasteiger partial charge < -0.3 is 23.8 Å². The zero-order valence-electron chi connectivity index (χ0n) is 20.6. The number of hydrogen-bond donors (Lipinski definition) is 0. The number of carbonyl (C=O) groups excluding carboxylic acids is 3. The molecular weight excluding hydrogens is 450 g/mol. The molecule has 2 aromatic carbocycles. The number of carbonyl (C=O) groups is 3. The third kappa shape index (κ3) is 6.53. The molecule has 8 nitrogen and oxygen atoms in total. The first kappa shape index (κ1) is 26.1. The molecule has 188 valence electrons. The van der Waals surface area contributed by atoms with Gasteiger partial charge in [-0.15, -0.1) is 0 Å². The van der Waals surface area contributed by atoms with Crippen LogP contribution in [0.15, 0.2) is 42.5 Å². The van der Waals surface area contributed by atoms with Crippen molar-refractivity contribution in [1.29, 1.82) is 0 Å². The Kier molecular flexibility index (Phi) is 9.52. The van der Waals surface area contributed by atoms with Crippen molar-refractivity contribution in [2.75, 3.05) is 34.5 Å². The highest BCUT2D eigenvalue weighted by molar-refractivity contribution is 6.43. The molecule has 1 aliphatic rings. The summed E-state index contributed by atoms with van der Waals surface area (Å²) in [5.74, 6) is -1.08. The van der Waals surface area contributed by atoms with E-state index in [9.17, 15) is 14.4 Å². The Morgan fingerprint density at radius 3 is 2.23 bits per heavy atom. The van der Waals surface area contributed by atoms with Gasteiger partial charge in [0.25, 0.3) is 11.7 Å². The maximum Gasteiger partial charge on any atom is 0.328 e. The zero-order valence-corrected chi connectivity index (χ0v) is 20.6. The molecule has 1 unspecified atom stereocenters. The number of nitrogens with zero attached hydrogens (tertiary/aromatic N) is 1. The van der Waals surface area contributed by atoms with Crippen molar-refractivity contribution in [3.63, 3.8) is 0 Å². The van der Waals surface area contributed by atoms with Crippen LogP contribution in [-0.2, 0) is 20.7 Å². The maximum atomic E-state index is 13.2. The Morgan fingerprint density at radius 2 is 1.60 bits per heavy atom. The fourth-order valence-electron chi connectivity index (χ4n) is 4.23. The lowest BCUT2D eigenvalue weighted by Crippen LogP contribution is -2.51. The number of Topliss-reactive ketones (excluding diaryl/α,β-unsaturated/α-hetero) is 1. The zero-order chi connectivity index (χ0) is 25.2. The van der Waals surface area contributed by atoms with Crippen molar-refractivity contribution in [2.24, 2.45) is 0 Å². The van der Waals surface area contributed by atoms with E-state index < -0.39 is 23.7 Å². The molecule has 1 amide bonds. The number of hydrogen-bond acceptors (Lipinski definition) is 7. The van der Waals surface area contributed by atoms with Crippen LogP contribution in [0.5, 0.6) is 17.2 Å². The molecule has 1 aliphatic heterocycles. The minimum Gasteiger partial charge on any atom is -0.493 e. The lowest BCUT2D eigenvalue weighted by Gasteiger charge is -2.33. The molecule has 0 aliphatic carbocycles. The predicted octanol–water partition coefficient (Wildman–Crippen LogP) is 3.84. The number of benzene rings is 2. The standard InChI is InChI=1S/C27H33NO7/c1-32-22-17-20(18-23(33-2)25(22)34-3)24(29)26(30)28-15-9-7-14-21(28)27(31)35-16-10-8-13-19-11-5-4-6-12-19/h4-6,11-12,17-18,21H,7-10,13-16H2,1-3H3. The quantitative estimate of drug-likeness (QED) is 0.208. The van der Waals surface area contributed by atoms with Crippen molar-refractivity contribution in [3.05, 3.63) is 53.6 Å². The van der Waals surface area contributed by atoms with Gasteiger partial charge in [-0.05, 0) is 56.2 Å². The van der Waals surface area contributed by atoms with Crippen LogP contribution >= 0.6 is 0 Å². The first-order valence-electron chi connectivity index (χ1n) is 11.9. The number of aryl methyl sites for hydroxylation is 1. The van der Waals surface area contributed by atoms with Crippen molar-refractivity contribution in [2.45, 2.75) is 44.6 Å². The summed E-state index contributed by atoms with van der Waals surface area (Å²) in [4.78, 5) is 40.4. The summed E-state index contributed by atoms with van der Waals surface area (Å²) >= 11 is 0. The molecule has 1 atom stereocenters. The Bertz CT molecular complexity index is 996. The van der Waals surface area contributed by atoms with E-state index in [1.54, 1.807) is 0 Å². The fraction of sp³-hybridized carbons (Fsp3) is 0.444. The van der Waals surface area contributed by atoms with Crippen molar-refractivity contribution in [3.8, 4) is 17.2 Å². The second-order valence-corrected chi connectivity index (χ2v) is 8.36. The van der Waals surface area contributed by atoms with Crippen molar-refractivity contribution < 1.29 is 33.3 Å². The van der Waals surface area contributed by atoms with E-state index in [2.05, 4.69) is 12.1 Å². The van der Waals surface area contributed by atoms with Crippen LogP contribution in [0.1, 0.15) is 48.0 Å². The summed E-state index contributed by atoms with van der Waals surface area (Å²) in [5.41, 5.74) is 1.34. The van der Waals surface area contributed by atoms with Crippen LogP contribution in [0.25, 0.3) is 0 Å². The summed E-state index contributed by atoms with van der Waals surface area (Å²) in [7, 11) is 4.33.